The fourth-order valence-electron chi connectivity index (χ4n) is 2.39. The van der Waals surface area contributed by atoms with Crippen LogP contribution in [0.15, 0.2) is 54.6 Å². The third kappa shape index (κ3) is 5.28. The molecule has 1 heterocycles. The highest BCUT2D eigenvalue weighted by Gasteiger charge is 2.10. The Morgan fingerprint density at radius 1 is 1.08 bits per heavy atom. The summed E-state index contributed by atoms with van der Waals surface area (Å²) < 4.78 is 16.4. The summed E-state index contributed by atoms with van der Waals surface area (Å²) in [5.74, 6) is 2.13. The Labute approximate surface area is 147 Å². The number of benzene rings is 2. The second kappa shape index (κ2) is 8.78. The van der Waals surface area contributed by atoms with Crippen LogP contribution in [0.2, 0.25) is 0 Å². The Kier molecular flexibility index (Phi) is 5.93. The van der Waals surface area contributed by atoms with Gasteiger partial charge in [0.25, 0.3) is 5.91 Å². The first kappa shape index (κ1) is 16.9. The molecular formula is C20H21NO4. The van der Waals surface area contributed by atoms with Gasteiger partial charge in [-0.3, -0.25) is 4.79 Å². The summed E-state index contributed by atoms with van der Waals surface area (Å²) in [5.41, 5.74) is 1.04. The smallest absolute Gasteiger partial charge is 0.257 e. The Balaban J connectivity index is 1.36. The zero-order valence-electron chi connectivity index (χ0n) is 13.9. The fourth-order valence-corrected chi connectivity index (χ4v) is 2.39. The summed E-state index contributed by atoms with van der Waals surface area (Å²) in [6, 6.07) is 15.1. The predicted molar refractivity (Wildman–Crippen MR) is 96.0 cm³/mol. The highest BCUT2D eigenvalue weighted by atomic mass is 16.6. The first-order chi connectivity index (χ1) is 12.3. The van der Waals surface area contributed by atoms with Gasteiger partial charge in [0.05, 0.1) is 0 Å². The SMILES string of the molecule is O=C(COc1ccccc1)NCC/C=C/c1ccc2c(c1)OCCO2. The van der Waals surface area contributed by atoms with Gasteiger partial charge in [-0.15, -0.1) is 0 Å². The molecule has 0 aliphatic carbocycles. The molecule has 0 aromatic heterocycles. The van der Waals surface area contributed by atoms with Crippen LogP contribution in [-0.4, -0.2) is 32.3 Å². The highest BCUT2D eigenvalue weighted by molar-refractivity contribution is 5.77. The third-order valence-electron chi connectivity index (χ3n) is 3.62. The van der Waals surface area contributed by atoms with Crippen LogP contribution in [0.1, 0.15) is 12.0 Å². The number of carbonyl (C=O) groups is 1. The monoisotopic (exact) mass is 339 g/mol. The van der Waals surface area contributed by atoms with Crippen LogP contribution >= 0.6 is 0 Å². The van der Waals surface area contributed by atoms with Gasteiger partial charge in [-0.2, -0.15) is 0 Å². The van der Waals surface area contributed by atoms with E-state index in [0.717, 1.165) is 23.5 Å². The lowest BCUT2D eigenvalue weighted by atomic mass is 10.1. The van der Waals surface area contributed by atoms with Crippen LogP contribution in [0.3, 0.4) is 0 Å². The van der Waals surface area contributed by atoms with Crippen LogP contribution < -0.4 is 19.5 Å². The number of hydrogen-bond acceptors (Lipinski definition) is 4. The number of rotatable bonds is 7. The zero-order chi connectivity index (χ0) is 17.3. The van der Waals surface area contributed by atoms with Crippen molar-refractivity contribution in [1.29, 1.82) is 0 Å². The van der Waals surface area contributed by atoms with Gasteiger partial charge in [-0.05, 0) is 36.2 Å². The number of nitrogens with one attached hydrogen (secondary N) is 1. The number of fused-ring (bicyclic) bond motifs is 1. The summed E-state index contributed by atoms with van der Waals surface area (Å²) in [4.78, 5) is 11.7. The molecule has 0 spiro atoms. The highest BCUT2D eigenvalue weighted by Crippen LogP contribution is 2.31. The molecule has 0 radical (unpaired) electrons. The summed E-state index contributed by atoms with van der Waals surface area (Å²) in [6.07, 6.45) is 4.76. The maximum Gasteiger partial charge on any atom is 0.257 e. The minimum absolute atomic E-state index is 0.0237. The van der Waals surface area contributed by atoms with E-state index in [9.17, 15) is 4.79 Å². The van der Waals surface area contributed by atoms with Gasteiger partial charge >= 0.3 is 0 Å². The van der Waals surface area contributed by atoms with Crippen molar-refractivity contribution < 1.29 is 19.0 Å². The molecule has 1 N–H and O–H groups in total. The molecule has 1 amide bonds. The summed E-state index contributed by atoms with van der Waals surface area (Å²) in [6.45, 7) is 1.76. The van der Waals surface area contributed by atoms with Gasteiger partial charge in [0.15, 0.2) is 18.1 Å². The Morgan fingerprint density at radius 2 is 1.88 bits per heavy atom. The second-order valence-corrected chi connectivity index (χ2v) is 5.55. The Hall–Kier alpha value is -2.95. The first-order valence-corrected chi connectivity index (χ1v) is 8.32. The van der Waals surface area contributed by atoms with E-state index in [0.29, 0.717) is 25.5 Å². The number of amides is 1. The van der Waals surface area contributed by atoms with E-state index in [4.69, 9.17) is 14.2 Å². The van der Waals surface area contributed by atoms with Crippen LogP contribution in [0, 0.1) is 0 Å². The molecule has 0 unspecified atom stereocenters. The molecule has 1 aliphatic rings. The van der Waals surface area contributed by atoms with Gasteiger partial charge in [0.2, 0.25) is 0 Å². The lowest BCUT2D eigenvalue weighted by Crippen LogP contribution is -2.29. The molecule has 0 atom stereocenters. The second-order valence-electron chi connectivity index (χ2n) is 5.55. The third-order valence-corrected chi connectivity index (χ3v) is 3.62. The maximum absolute atomic E-state index is 11.7. The Bertz CT molecular complexity index is 728. The van der Waals surface area contributed by atoms with Gasteiger partial charge in [-0.25, -0.2) is 0 Å². The van der Waals surface area contributed by atoms with Gasteiger partial charge in [0, 0.05) is 6.54 Å². The normalized spacial score (nSPS) is 12.8. The molecule has 25 heavy (non-hydrogen) atoms. The topological polar surface area (TPSA) is 56.8 Å². The number of carbonyl (C=O) groups excluding carboxylic acids is 1. The molecule has 2 aromatic carbocycles. The molecule has 0 saturated carbocycles. The number of para-hydroxylation sites is 1. The molecule has 130 valence electrons. The minimum atomic E-state index is -0.128. The predicted octanol–water partition coefficient (Wildman–Crippen LogP) is 3.06. The van der Waals surface area contributed by atoms with Gasteiger partial charge < -0.3 is 19.5 Å². The maximum atomic E-state index is 11.7. The van der Waals surface area contributed by atoms with Crippen molar-refractivity contribution in [2.45, 2.75) is 6.42 Å². The average Bonchev–Trinajstić information content (AvgIpc) is 2.67. The molecular weight excluding hydrogens is 318 g/mol. The quantitative estimate of drug-likeness (QED) is 0.788. The van der Waals surface area contributed by atoms with Crippen molar-refractivity contribution in [2.75, 3.05) is 26.4 Å². The van der Waals surface area contributed by atoms with Crippen molar-refractivity contribution in [1.82, 2.24) is 5.32 Å². The molecule has 0 bridgehead atoms. The van der Waals surface area contributed by atoms with Crippen molar-refractivity contribution >= 4 is 12.0 Å². The first-order valence-electron chi connectivity index (χ1n) is 8.32. The van der Waals surface area contributed by atoms with Crippen molar-refractivity contribution in [2.24, 2.45) is 0 Å². The van der Waals surface area contributed by atoms with Crippen LogP contribution in [-0.2, 0) is 4.79 Å². The average molecular weight is 339 g/mol. The van der Waals surface area contributed by atoms with Crippen molar-refractivity contribution in [3.8, 4) is 17.2 Å². The fraction of sp³-hybridized carbons (Fsp3) is 0.250. The number of hydrogen-bond donors (Lipinski definition) is 1. The van der Waals surface area contributed by atoms with E-state index in [1.807, 2.05) is 60.7 Å². The van der Waals surface area contributed by atoms with E-state index in [1.165, 1.54) is 0 Å². The van der Waals surface area contributed by atoms with E-state index in [-0.39, 0.29) is 12.5 Å². The van der Waals surface area contributed by atoms with Gasteiger partial charge in [0.1, 0.15) is 19.0 Å². The molecule has 0 saturated heterocycles. The van der Waals surface area contributed by atoms with Crippen LogP contribution in [0.25, 0.3) is 6.08 Å². The molecule has 5 heteroatoms. The minimum Gasteiger partial charge on any atom is -0.486 e. The summed E-state index contributed by atoms with van der Waals surface area (Å²) >= 11 is 0. The van der Waals surface area contributed by atoms with Crippen molar-refractivity contribution in [3.63, 3.8) is 0 Å². The lowest BCUT2D eigenvalue weighted by Gasteiger charge is -2.18. The van der Waals surface area contributed by atoms with Crippen LogP contribution in [0.5, 0.6) is 17.2 Å². The van der Waals surface area contributed by atoms with E-state index < -0.39 is 0 Å². The summed E-state index contributed by atoms with van der Waals surface area (Å²) in [5, 5.41) is 2.83. The lowest BCUT2D eigenvalue weighted by molar-refractivity contribution is -0.123. The zero-order valence-corrected chi connectivity index (χ0v) is 13.9. The Morgan fingerprint density at radius 3 is 2.72 bits per heavy atom. The van der Waals surface area contributed by atoms with Crippen molar-refractivity contribution in [3.05, 3.63) is 60.2 Å². The molecule has 0 fully saturated rings. The van der Waals surface area contributed by atoms with E-state index in [1.54, 1.807) is 0 Å². The van der Waals surface area contributed by atoms with Crippen LogP contribution in [0.4, 0.5) is 0 Å². The van der Waals surface area contributed by atoms with E-state index >= 15 is 0 Å². The molecule has 2 aromatic rings. The van der Waals surface area contributed by atoms with Gasteiger partial charge in [-0.1, -0.05) is 36.4 Å². The molecule has 1 aliphatic heterocycles. The molecule has 3 rings (SSSR count). The number of ether oxygens (including phenoxy) is 3. The summed E-state index contributed by atoms with van der Waals surface area (Å²) in [7, 11) is 0. The van der Waals surface area contributed by atoms with E-state index in [2.05, 4.69) is 5.32 Å². The standard InChI is InChI=1S/C20H21NO4/c22-20(15-25-17-7-2-1-3-8-17)21-11-5-4-6-16-9-10-18-19(14-16)24-13-12-23-18/h1-4,6-10,14H,5,11-13,15H2,(H,21,22)/b6-4+. The molecule has 5 nitrogen and oxygen atoms in total. The largest absolute Gasteiger partial charge is 0.486 e.